The van der Waals surface area contributed by atoms with Gasteiger partial charge in [-0.05, 0) is 37.6 Å². The molecule has 0 unspecified atom stereocenters. The van der Waals surface area contributed by atoms with Crippen molar-refractivity contribution < 1.29 is 0 Å². The Bertz CT molecular complexity index is 527. The molecule has 0 radical (unpaired) electrons. The fourth-order valence-corrected chi connectivity index (χ4v) is 1.92. The molecule has 2 aromatic rings. The first-order chi connectivity index (χ1) is 8.24. The molecule has 0 aliphatic rings. The van der Waals surface area contributed by atoms with Crippen molar-refractivity contribution in [2.45, 2.75) is 20.3 Å². The van der Waals surface area contributed by atoms with Crippen LogP contribution < -0.4 is 5.32 Å². The van der Waals surface area contributed by atoms with Crippen LogP contribution in [0.5, 0.6) is 0 Å². The molecule has 2 aromatic heterocycles. The molecule has 0 aliphatic heterocycles. The fraction of sp³-hybridized carbons (Fsp3) is 0.385. The molecule has 0 amide bonds. The van der Waals surface area contributed by atoms with Crippen LogP contribution in [0, 0.1) is 6.92 Å². The second kappa shape index (κ2) is 5.10. The number of nitrogens with one attached hydrogen (secondary N) is 2. The van der Waals surface area contributed by atoms with Crippen LogP contribution >= 0.6 is 0 Å². The highest BCUT2D eigenvalue weighted by Gasteiger charge is 2.10. The van der Waals surface area contributed by atoms with Gasteiger partial charge < -0.3 is 10.3 Å². The Kier molecular flexibility index (Phi) is 3.54. The highest BCUT2D eigenvalue weighted by Crippen LogP contribution is 2.24. The van der Waals surface area contributed by atoms with E-state index in [1.54, 1.807) is 6.33 Å². The average molecular weight is 230 g/mol. The lowest BCUT2D eigenvalue weighted by molar-refractivity contribution is 0.731. The lowest BCUT2D eigenvalue weighted by Crippen LogP contribution is -2.14. The first-order valence-corrected chi connectivity index (χ1v) is 5.91. The number of hydrogen-bond donors (Lipinski definition) is 2. The largest absolute Gasteiger partial charge is 0.346 e. The van der Waals surface area contributed by atoms with Crippen LogP contribution in [0.15, 0.2) is 19.1 Å². The van der Waals surface area contributed by atoms with Crippen LogP contribution in [0.25, 0.3) is 16.6 Å². The zero-order valence-corrected chi connectivity index (χ0v) is 10.4. The van der Waals surface area contributed by atoms with E-state index in [1.807, 2.05) is 6.20 Å². The number of aromatic amines is 1. The zero-order valence-electron chi connectivity index (χ0n) is 10.4. The molecule has 0 saturated carbocycles. The van der Waals surface area contributed by atoms with Crippen LogP contribution in [0.2, 0.25) is 0 Å². The molecule has 0 saturated heterocycles. The first kappa shape index (κ1) is 11.8. The normalized spacial score (nSPS) is 10.9. The quantitative estimate of drug-likeness (QED) is 0.775. The van der Waals surface area contributed by atoms with Gasteiger partial charge in [0.05, 0.1) is 5.69 Å². The summed E-state index contributed by atoms with van der Waals surface area (Å²) < 4.78 is 0. The van der Waals surface area contributed by atoms with Crippen molar-refractivity contribution in [2.24, 2.45) is 0 Å². The fourth-order valence-electron chi connectivity index (χ4n) is 1.92. The van der Waals surface area contributed by atoms with E-state index in [-0.39, 0.29) is 0 Å². The Labute approximate surface area is 101 Å². The summed E-state index contributed by atoms with van der Waals surface area (Å²) in [4.78, 5) is 11.7. The maximum absolute atomic E-state index is 4.36. The van der Waals surface area contributed by atoms with Gasteiger partial charge in [0.1, 0.15) is 12.0 Å². The summed E-state index contributed by atoms with van der Waals surface area (Å²) in [6, 6.07) is 0. The zero-order chi connectivity index (χ0) is 12.3. The van der Waals surface area contributed by atoms with Gasteiger partial charge in [-0.3, -0.25) is 0 Å². The Morgan fingerprint density at radius 2 is 2.29 bits per heavy atom. The summed E-state index contributed by atoms with van der Waals surface area (Å²) in [7, 11) is 0. The van der Waals surface area contributed by atoms with E-state index in [2.05, 4.69) is 40.7 Å². The van der Waals surface area contributed by atoms with Crippen LogP contribution in [-0.4, -0.2) is 28.0 Å². The topological polar surface area (TPSA) is 53.6 Å². The summed E-state index contributed by atoms with van der Waals surface area (Å²) in [6.45, 7) is 10.2. The smallest absolute Gasteiger partial charge is 0.141 e. The monoisotopic (exact) mass is 230 g/mol. The number of aryl methyl sites for hydroxylation is 1. The average Bonchev–Trinajstić information content (AvgIpc) is 2.71. The van der Waals surface area contributed by atoms with E-state index in [4.69, 9.17) is 0 Å². The van der Waals surface area contributed by atoms with Gasteiger partial charge in [-0.2, -0.15) is 0 Å². The second-order valence-corrected chi connectivity index (χ2v) is 4.12. The lowest BCUT2D eigenvalue weighted by Gasteiger charge is -2.07. The number of hydrogen-bond acceptors (Lipinski definition) is 3. The van der Waals surface area contributed by atoms with Crippen molar-refractivity contribution in [3.8, 4) is 0 Å². The second-order valence-electron chi connectivity index (χ2n) is 4.12. The number of rotatable bonds is 5. The summed E-state index contributed by atoms with van der Waals surface area (Å²) in [6.07, 6.45) is 4.46. The SMILES string of the molecule is C=C(CCNCC)c1ncnc2[nH]cc(C)c12. The molecule has 0 aliphatic carbocycles. The van der Waals surface area contributed by atoms with Crippen molar-refractivity contribution in [1.29, 1.82) is 0 Å². The molecule has 2 heterocycles. The van der Waals surface area contributed by atoms with E-state index >= 15 is 0 Å². The minimum atomic E-state index is 0.886. The Hall–Kier alpha value is -1.68. The maximum atomic E-state index is 4.36. The van der Waals surface area contributed by atoms with E-state index in [0.717, 1.165) is 41.8 Å². The van der Waals surface area contributed by atoms with Gasteiger partial charge in [-0.15, -0.1) is 0 Å². The number of aromatic nitrogens is 3. The van der Waals surface area contributed by atoms with Gasteiger partial charge in [0.25, 0.3) is 0 Å². The van der Waals surface area contributed by atoms with Gasteiger partial charge in [0, 0.05) is 11.6 Å². The Balaban J connectivity index is 2.28. The minimum Gasteiger partial charge on any atom is -0.346 e. The molecule has 4 heteroatoms. The molecular weight excluding hydrogens is 212 g/mol. The van der Waals surface area contributed by atoms with Crippen molar-refractivity contribution in [3.05, 3.63) is 30.4 Å². The summed E-state index contributed by atoms with van der Waals surface area (Å²) in [5, 5.41) is 4.39. The summed E-state index contributed by atoms with van der Waals surface area (Å²) in [5.41, 5.74) is 4.07. The van der Waals surface area contributed by atoms with Crippen molar-refractivity contribution in [1.82, 2.24) is 20.3 Å². The van der Waals surface area contributed by atoms with E-state index in [1.165, 1.54) is 5.56 Å². The van der Waals surface area contributed by atoms with Crippen LogP contribution in [0.1, 0.15) is 24.6 Å². The van der Waals surface area contributed by atoms with Gasteiger partial charge in [0.2, 0.25) is 0 Å². The molecule has 0 bridgehead atoms. The summed E-state index contributed by atoms with van der Waals surface area (Å²) in [5.74, 6) is 0. The molecule has 0 aromatic carbocycles. The number of nitrogens with zero attached hydrogens (tertiary/aromatic N) is 2. The maximum Gasteiger partial charge on any atom is 0.141 e. The molecule has 0 spiro atoms. The Morgan fingerprint density at radius 1 is 1.47 bits per heavy atom. The molecule has 17 heavy (non-hydrogen) atoms. The van der Waals surface area contributed by atoms with E-state index < -0.39 is 0 Å². The van der Waals surface area contributed by atoms with Crippen molar-refractivity contribution in [3.63, 3.8) is 0 Å². The Morgan fingerprint density at radius 3 is 3.06 bits per heavy atom. The highest BCUT2D eigenvalue weighted by molar-refractivity contribution is 5.90. The van der Waals surface area contributed by atoms with Gasteiger partial charge >= 0.3 is 0 Å². The van der Waals surface area contributed by atoms with Crippen LogP contribution in [0.3, 0.4) is 0 Å². The van der Waals surface area contributed by atoms with E-state index in [0.29, 0.717) is 0 Å². The van der Waals surface area contributed by atoms with Gasteiger partial charge in [0.15, 0.2) is 0 Å². The van der Waals surface area contributed by atoms with Crippen LogP contribution in [0.4, 0.5) is 0 Å². The molecule has 90 valence electrons. The molecule has 2 N–H and O–H groups in total. The molecule has 2 rings (SSSR count). The van der Waals surface area contributed by atoms with Crippen molar-refractivity contribution in [2.75, 3.05) is 13.1 Å². The molecule has 4 nitrogen and oxygen atoms in total. The van der Waals surface area contributed by atoms with Gasteiger partial charge in [-0.25, -0.2) is 9.97 Å². The number of fused-ring (bicyclic) bond motifs is 1. The predicted octanol–water partition coefficient (Wildman–Crippen LogP) is 2.28. The molecular formula is C13H18N4. The predicted molar refractivity (Wildman–Crippen MR) is 70.8 cm³/mol. The van der Waals surface area contributed by atoms with Gasteiger partial charge in [-0.1, -0.05) is 13.5 Å². The van der Waals surface area contributed by atoms with E-state index in [9.17, 15) is 0 Å². The third kappa shape index (κ3) is 2.36. The first-order valence-electron chi connectivity index (χ1n) is 5.91. The lowest BCUT2D eigenvalue weighted by atomic mass is 10.1. The summed E-state index contributed by atoms with van der Waals surface area (Å²) >= 11 is 0. The molecule has 0 fully saturated rings. The molecule has 0 atom stereocenters. The number of H-pyrrole nitrogens is 1. The third-order valence-electron chi connectivity index (χ3n) is 2.86. The highest BCUT2D eigenvalue weighted by atomic mass is 14.9. The third-order valence-corrected chi connectivity index (χ3v) is 2.86. The standard InChI is InChI=1S/C13H18N4/c1-4-14-6-5-9(2)12-11-10(3)7-15-13(11)17-8-16-12/h7-8,14H,2,4-6H2,1,3H3,(H,15,16,17). The minimum absolute atomic E-state index is 0.886. The van der Waals surface area contributed by atoms with Crippen molar-refractivity contribution >= 4 is 16.6 Å². The van der Waals surface area contributed by atoms with Crippen LogP contribution in [-0.2, 0) is 0 Å².